The molecule has 4 N–H and O–H groups in total. The summed E-state index contributed by atoms with van der Waals surface area (Å²) in [5.74, 6) is 0. The summed E-state index contributed by atoms with van der Waals surface area (Å²) in [6.07, 6.45) is 5.63. The van der Waals surface area contributed by atoms with Crippen LogP contribution in [-0.4, -0.2) is 31.0 Å². The van der Waals surface area contributed by atoms with Gasteiger partial charge in [-0.05, 0) is 23.6 Å². The summed E-state index contributed by atoms with van der Waals surface area (Å²) in [5.41, 5.74) is 32.1. The molecule has 0 amide bonds. The third-order valence-corrected chi connectivity index (χ3v) is 5.26. The molecule has 1 atom stereocenters. The summed E-state index contributed by atoms with van der Waals surface area (Å²) in [7, 11) is -0.586. The van der Waals surface area contributed by atoms with E-state index in [9.17, 15) is 0 Å². The van der Waals surface area contributed by atoms with Crippen LogP contribution in [-0.2, 0) is 21.7 Å². The molecule has 2 rings (SSSR count). The molecule has 0 bridgehead atoms. The van der Waals surface area contributed by atoms with Gasteiger partial charge in [0.2, 0.25) is 0 Å². The Morgan fingerprint density at radius 1 is 0.658 bits per heavy atom. The standard InChI is InChI=1S/C12H16Si.4C4H10N.C4H6.Ti/c1-9-8-10-6-4-5-7-11(10)12(9)13(2)3;4*1-4(2,3)5;1-3-4-2;/h4-8,12-13H,1-3H3;4*5H,1-3H3;3-4H,1-2H2;/q;4*-1;;+4. The Morgan fingerprint density at radius 3 is 1.16 bits per heavy atom. The minimum Gasteiger partial charge on any atom is -0.673 e. The fourth-order valence-electron chi connectivity index (χ4n) is 2.39. The molecule has 1 unspecified atom stereocenters. The number of benzene rings is 1. The molecular formula is C32H62N4SiTi. The van der Waals surface area contributed by atoms with Crippen LogP contribution in [0.4, 0.5) is 0 Å². The molecule has 4 nitrogen and oxygen atoms in total. The SMILES string of the molecule is C=CC=C.CC(C)(C)[NH-].CC(C)(C)[NH-].CC(C)(C)[NH-].CC(C)(C)[NH-].CC1=Cc2ccccc2C1[SiH](C)C.[Ti+4]. The summed E-state index contributed by atoms with van der Waals surface area (Å²) in [6.45, 7) is 36.1. The van der Waals surface area contributed by atoms with Crippen molar-refractivity contribution in [3.8, 4) is 0 Å². The molecule has 218 valence electrons. The molecule has 0 aliphatic heterocycles. The van der Waals surface area contributed by atoms with E-state index in [-0.39, 0.29) is 43.9 Å². The first-order valence-electron chi connectivity index (χ1n) is 13.1. The molecule has 1 aliphatic carbocycles. The second-order valence-electron chi connectivity index (χ2n) is 13.7. The third-order valence-electron chi connectivity index (χ3n) is 3.04. The second kappa shape index (κ2) is 22.0. The smallest absolute Gasteiger partial charge is 0.673 e. The van der Waals surface area contributed by atoms with Crippen molar-refractivity contribution in [2.45, 2.75) is 131 Å². The van der Waals surface area contributed by atoms with Crippen molar-refractivity contribution in [3.63, 3.8) is 0 Å². The summed E-state index contributed by atoms with van der Waals surface area (Å²) in [4.78, 5) is 0. The summed E-state index contributed by atoms with van der Waals surface area (Å²) < 4.78 is 0. The fraction of sp³-hybridized carbons (Fsp3) is 0.625. The number of hydrogen-bond donors (Lipinski definition) is 0. The van der Waals surface area contributed by atoms with Crippen molar-refractivity contribution in [2.75, 3.05) is 0 Å². The molecule has 1 aliphatic rings. The molecule has 0 saturated heterocycles. The molecule has 1 aromatic rings. The van der Waals surface area contributed by atoms with E-state index in [2.05, 4.69) is 63.5 Å². The Kier molecular flexibility index (Phi) is 27.2. The van der Waals surface area contributed by atoms with Crippen LogP contribution in [0.3, 0.4) is 0 Å². The third kappa shape index (κ3) is 55.7. The van der Waals surface area contributed by atoms with Crippen LogP contribution in [0, 0.1) is 0 Å². The molecule has 0 heterocycles. The van der Waals surface area contributed by atoms with Gasteiger partial charge in [0.1, 0.15) is 0 Å². The van der Waals surface area contributed by atoms with Gasteiger partial charge in [-0.25, -0.2) is 0 Å². The second-order valence-corrected chi connectivity index (χ2v) is 16.9. The maximum absolute atomic E-state index is 6.94. The molecule has 38 heavy (non-hydrogen) atoms. The van der Waals surface area contributed by atoms with Crippen LogP contribution in [0.5, 0.6) is 0 Å². The van der Waals surface area contributed by atoms with E-state index < -0.39 is 8.80 Å². The number of allylic oxidation sites excluding steroid dienone is 3. The Labute approximate surface area is 255 Å². The van der Waals surface area contributed by atoms with Crippen LogP contribution >= 0.6 is 0 Å². The van der Waals surface area contributed by atoms with Crippen LogP contribution in [0.1, 0.15) is 107 Å². The topological polar surface area (TPSA) is 95.2 Å². The summed E-state index contributed by atoms with van der Waals surface area (Å²) in [6, 6.07) is 8.82. The molecule has 6 heteroatoms. The van der Waals surface area contributed by atoms with Gasteiger partial charge in [-0.2, -0.15) is 0 Å². The van der Waals surface area contributed by atoms with Crippen LogP contribution in [0.2, 0.25) is 13.1 Å². The minimum absolute atomic E-state index is 0. The molecule has 0 fully saturated rings. The summed E-state index contributed by atoms with van der Waals surface area (Å²) in [5, 5.41) is 0. The Hall–Kier alpha value is -0.789. The van der Waals surface area contributed by atoms with E-state index >= 15 is 0 Å². The Morgan fingerprint density at radius 2 is 0.921 bits per heavy atom. The van der Waals surface area contributed by atoms with E-state index in [1.807, 2.05) is 83.1 Å². The van der Waals surface area contributed by atoms with Crippen molar-refractivity contribution < 1.29 is 21.7 Å². The molecule has 0 spiro atoms. The molecular weight excluding hydrogens is 516 g/mol. The van der Waals surface area contributed by atoms with Crippen molar-refractivity contribution in [3.05, 3.63) is 89.2 Å². The molecule has 1 aromatic carbocycles. The van der Waals surface area contributed by atoms with Crippen molar-refractivity contribution in [1.29, 1.82) is 0 Å². The van der Waals surface area contributed by atoms with Gasteiger partial charge >= 0.3 is 21.7 Å². The predicted molar refractivity (Wildman–Crippen MR) is 178 cm³/mol. The predicted octanol–water partition coefficient (Wildman–Crippen LogP) is 11.9. The average Bonchev–Trinajstić information content (AvgIpc) is 2.92. The van der Waals surface area contributed by atoms with E-state index in [4.69, 9.17) is 22.9 Å². The van der Waals surface area contributed by atoms with Crippen LogP contribution in [0.15, 0.2) is 55.1 Å². The fourth-order valence-corrected chi connectivity index (χ4v) is 4.56. The quantitative estimate of drug-likeness (QED) is 0.246. The van der Waals surface area contributed by atoms with E-state index in [1.165, 1.54) is 5.56 Å². The maximum Gasteiger partial charge on any atom is 4.00 e. The van der Waals surface area contributed by atoms with Gasteiger partial charge in [-0.3, -0.25) is 0 Å². The van der Waals surface area contributed by atoms with Gasteiger partial charge in [0.25, 0.3) is 0 Å². The number of rotatable bonds is 2. The van der Waals surface area contributed by atoms with Crippen molar-refractivity contribution >= 4 is 14.9 Å². The van der Waals surface area contributed by atoms with Crippen molar-refractivity contribution in [1.82, 2.24) is 0 Å². The normalized spacial score (nSPS) is 13.8. The maximum atomic E-state index is 6.94. The van der Waals surface area contributed by atoms with Gasteiger partial charge in [0.05, 0.1) is 0 Å². The van der Waals surface area contributed by atoms with Gasteiger partial charge < -0.3 is 22.9 Å². The van der Waals surface area contributed by atoms with Gasteiger partial charge in [-0.15, -0.1) is 22.2 Å². The van der Waals surface area contributed by atoms with Crippen LogP contribution < -0.4 is 0 Å². The molecule has 0 saturated carbocycles. The average molecular weight is 579 g/mol. The first kappa shape index (κ1) is 47.0. The number of nitrogens with one attached hydrogen (secondary N) is 4. The first-order valence-corrected chi connectivity index (χ1v) is 16.1. The largest absolute Gasteiger partial charge is 4.00 e. The van der Waals surface area contributed by atoms with E-state index in [0.29, 0.717) is 0 Å². The van der Waals surface area contributed by atoms with E-state index in [1.54, 1.807) is 23.3 Å². The number of fused-ring (bicyclic) bond motifs is 1. The van der Waals surface area contributed by atoms with Gasteiger partial charge in [0, 0.05) is 8.80 Å². The van der Waals surface area contributed by atoms with Gasteiger partial charge in [0.15, 0.2) is 0 Å². The van der Waals surface area contributed by atoms with Crippen LogP contribution in [0.25, 0.3) is 29.0 Å². The molecule has 0 radical (unpaired) electrons. The Bertz CT molecular complexity index is 681. The van der Waals surface area contributed by atoms with Gasteiger partial charge in [-0.1, -0.05) is 157 Å². The first-order chi connectivity index (χ1) is 16.1. The zero-order valence-corrected chi connectivity index (χ0v) is 30.3. The zero-order valence-electron chi connectivity index (χ0n) is 27.6. The van der Waals surface area contributed by atoms with E-state index in [0.717, 1.165) is 5.54 Å². The minimum atomic E-state index is -0.586. The zero-order chi connectivity index (χ0) is 30.8. The molecule has 0 aromatic heterocycles. The monoisotopic (exact) mass is 578 g/mol. The Balaban J connectivity index is -0.000000125. The summed E-state index contributed by atoms with van der Waals surface area (Å²) >= 11 is 0. The number of hydrogen-bond acceptors (Lipinski definition) is 0. The van der Waals surface area contributed by atoms with Crippen molar-refractivity contribution in [2.24, 2.45) is 0 Å².